The Morgan fingerprint density at radius 3 is 2.60 bits per heavy atom. The van der Waals surface area contributed by atoms with E-state index in [1.807, 2.05) is 0 Å². The van der Waals surface area contributed by atoms with Crippen molar-refractivity contribution in [3.63, 3.8) is 0 Å². The summed E-state index contributed by atoms with van der Waals surface area (Å²) in [6, 6.07) is 0. The molecule has 6 heteroatoms. The van der Waals surface area contributed by atoms with Crippen molar-refractivity contribution in [1.82, 2.24) is 9.94 Å². The average molecular weight is 207 g/mol. The normalized spacial score (nSPS) is 9.70. The molecule has 0 aliphatic carbocycles. The number of nitrogens with zero attached hydrogens (tertiary/aromatic N) is 2. The fourth-order valence-electron chi connectivity index (χ4n) is 0.468. The number of rotatable bonds is 1. The van der Waals surface area contributed by atoms with E-state index in [4.69, 9.17) is 10.3 Å². The first kappa shape index (κ1) is 7.07. The van der Waals surface area contributed by atoms with Crippen molar-refractivity contribution < 1.29 is 15.1 Å². The molecule has 0 atom stereocenters. The number of hydrogen-bond donors (Lipinski definition) is 2. The minimum absolute atomic E-state index is 0.0417. The molecule has 1 rings (SSSR count). The van der Waals surface area contributed by atoms with E-state index in [2.05, 4.69) is 21.0 Å². The number of carboxylic acids is 1. The molecule has 0 radical (unpaired) electrons. The zero-order valence-corrected chi connectivity index (χ0v) is 6.24. The van der Waals surface area contributed by atoms with Gasteiger partial charge in [0, 0.05) is 0 Å². The first-order chi connectivity index (χ1) is 4.63. The van der Waals surface area contributed by atoms with Crippen LogP contribution in [0.3, 0.4) is 0 Å². The summed E-state index contributed by atoms with van der Waals surface area (Å²) in [7, 11) is 0. The summed E-state index contributed by atoms with van der Waals surface area (Å²) in [6.07, 6.45) is 1.05. The van der Waals surface area contributed by atoms with E-state index < -0.39 is 5.97 Å². The van der Waals surface area contributed by atoms with Crippen LogP contribution in [0.4, 0.5) is 0 Å². The maximum atomic E-state index is 10.2. The van der Waals surface area contributed by atoms with E-state index in [0.29, 0.717) is 4.85 Å². The summed E-state index contributed by atoms with van der Waals surface area (Å²) in [6.45, 7) is 0. The Morgan fingerprint density at radius 1 is 1.80 bits per heavy atom. The van der Waals surface area contributed by atoms with Gasteiger partial charge in [0.1, 0.15) is 5.56 Å². The molecule has 0 saturated heterocycles. The van der Waals surface area contributed by atoms with Gasteiger partial charge in [0.2, 0.25) is 0 Å². The van der Waals surface area contributed by atoms with E-state index >= 15 is 0 Å². The quantitative estimate of drug-likeness (QED) is 0.660. The summed E-state index contributed by atoms with van der Waals surface area (Å²) in [5.74, 6) is -1.13. The number of hydrogen-bond acceptors (Lipinski definition) is 3. The third-order valence-electron chi connectivity index (χ3n) is 0.924. The van der Waals surface area contributed by atoms with Gasteiger partial charge in [-0.2, -0.15) is 0 Å². The molecule has 1 heterocycles. The standard InChI is InChI=1S/C4H3BrN2O3/c5-3-2(4(8)9)1-6-7(3)10/h1,10H,(H,8,9). The molecule has 0 aliphatic rings. The van der Waals surface area contributed by atoms with Crippen LogP contribution >= 0.6 is 15.9 Å². The van der Waals surface area contributed by atoms with Gasteiger partial charge >= 0.3 is 5.97 Å². The van der Waals surface area contributed by atoms with Gasteiger partial charge in [-0.25, -0.2) is 4.79 Å². The first-order valence-electron chi connectivity index (χ1n) is 2.29. The minimum atomic E-state index is -1.13. The van der Waals surface area contributed by atoms with E-state index in [-0.39, 0.29) is 10.2 Å². The molecule has 2 N–H and O–H groups in total. The molecule has 0 amide bonds. The monoisotopic (exact) mass is 206 g/mol. The molecule has 0 aromatic carbocycles. The minimum Gasteiger partial charge on any atom is -0.478 e. The molecular weight excluding hydrogens is 204 g/mol. The van der Waals surface area contributed by atoms with Crippen molar-refractivity contribution in [2.75, 3.05) is 0 Å². The van der Waals surface area contributed by atoms with Crippen molar-refractivity contribution >= 4 is 21.9 Å². The first-order valence-corrected chi connectivity index (χ1v) is 3.08. The molecule has 5 nitrogen and oxygen atoms in total. The van der Waals surface area contributed by atoms with Gasteiger partial charge in [0.15, 0.2) is 4.60 Å². The number of carbonyl (C=O) groups is 1. The van der Waals surface area contributed by atoms with Crippen LogP contribution in [0.5, 0.6) is 0 Å². The van der Waals surface area contributed by atoms with Crippen LogP contribution in [0.25, 0.3) is 0 Å². The van der Waals surface area contributed by atoms with Crippen molar-refractivity contribution in [3.05, 3.63) is 16.4 Å². The highest BCUT2D eigenvalue weighted by molar-refractivity contribution is 9.10. The van der Waals surface area contributed by atoms with Crippen LogP contribution in [-0.2, 0) is 0 Å². The summed E-state index contributed by atoms with van der Waals surface area (Å²) in [4.78, 5) is 10.7. The molecule has 54 valence electrons. The van der Waals surface area contributed by atoms with Crippen molar-refractivity contribution in [2.45, 2.75) is 0 Å². The Hall–Kier alpha value is -1.04. The predicted molar refractivity (Wildman–Crippen MR) is 34.1 cm³/mol. The number of aromatic carboxylic acids is 1. The molecule has 0 fully saturated rings. The third kappa shape index (κ3) is 0.971. The molecule has 0 saturated carbocycles. The Morgan fingerprint density at radius 2 is 2.40 bits per heavy atom. The maximum absolute atomic E-state index is 10.2. The predicted octanol–water partition coefficient (Wildman–Crippen LogP) is 0.581. The SMILES string of the molecule is O=C(O)c1cnn(O)c1Br. The van der Waals surface area contributed by atoms with Gasteiger partial charge in [-0.3, -0.25) is 0 Å². The molecule has 0 aliphatic heterocycles. The average Bonchev–Trinajstić information content (AvgIpc) is 2.14. The number of halogens is 1. The zero-order valence-electron chi connectivity index (χ0n) is 4.65. The number of carboxylic acid groups (broad SMARTS) is 1. The summed E-state index contributed by atoms with van der Waals surface area (Å²) in [5.41, 5.74) is -0.0671. The molecule has 10 heavy (non-hydrogen) atoms. The van der Waals surface area contributed by atoms with Gasteiger partial charge in [-0.1, -0.05) is 4.85 Å². The van der Waals surface area contributed by atoms with Crippen LogP contribution in [0.15, 0.2) is 10.8 Å². The Bertz CT molecular complexity index is 269. The lowest BCUT2D eigenvalue weighted by molar-refractivity contribution is 0.0692. The second kappa shape index (κ2) is 2.30. The largest absolute Gasteiger partial charge is 0.478 e. The highest BCUT2D eigenvalue weighted by Gasteiger charge is 2.12. The molecule has 0 spiro atoms. The topological polar surface area (TPSA) is 75.3 Å². The van der Waals surface area contributed by atoms with Gasteiger partial charge < -0.3 is 10.3 Å². The van der Waals surface area contributed by atoms with E-state index in [0.717, 1.165) is 6.20 Å². The van der Waals surface area contributed by atoms with Crippen molar-refractivity contribution in [1.29, 1.82) is 0 Å². The summed E-state index contributed by atoms with van der Waals surface area (Å²) >= 11 is 2.82. The molecule has 1 aromatic rings. The highest BCUT2D eigenvalue weighted by atomic mass is 79.9. The number of aromatic nitrogens is 2. The third-order valence-corrected chi connectivity index (χ3v) is 1.67. The smallest absolute Gasteiger partial charge is 0.340 e. The fraction of sp³-hybridized carbons (Fsp3) is 0. The zero-order chi connectivity index (χ0) is 7.72. The van der Waals surface area contributed by atoms with E-state index in [1.165, 1.54) is 0 Å². The lowest BCUT2D eigenvalue weighted by atomic mass is 10.4. The van der Waals surface area contributed by atoms with Crippen molar-refractivity contribution in [3.8, 4) is 0 Å². The maximum Gasteiger partial charge on any atom is 0.340 e. The Labute approximate surface area is 64.0 Å². The summed E-state index contributed by atoms with van der Waals surface area (Å²) in [5, 5.41) is 20.4. The van der Waals surface area contributed by atoms with Gasteiger partial charge in [-0.15, -0.1) is 5.10 Å². The highest BCUT2D eigenvalue weighted by Crippen LogP contribution is 2.13. The van der Waals surface area contributed by atoms with Crippen LogP contribution in [0, 0.1) is 0 Å². The van der Waals surface area contributed by atoms with Gasteiger partial charge in [0.25, 0.3) is 0 Å². The second-order valence-corrected chi connectivity index (χ2v) is 2.29. The van der Waals surface area contributed by atoms with Crippen molar-refractivity contribution in [2.24, 2.45) is 0 Å². The lowest BCUT2D eigenvalue weighted by Gasteiger charge is -1.88. The van der Waals surface area contributed by atoms with Crippen LogP contribution in [0.1, 0.15) is 10.4 Å². The van der Waals surface area contributed by atoms with E-state index in [1.54, 1.807) is 0 Å². The summed E-state index contributed by atoms with van der Waals surface area (Å²) < 4.78 is 0.0417. The molecule has 0 bridgehead atoms. The molecule has 0 unspecified atom stereocenters. The van der Waals surface area contributed by atoms with Crippen LogP contribution in [0.2, 0.25) is 0 Å². The van der Waals surface area contributed by atoms with Gasteiger partial charge in [-0.05, 0) is 15.9 Å². The van der Waals surface area contributed by atoms with Gasteiger partial charge in [0.05, 0.1) is 6.20 Å². The van der Waals surface area contributed by atoms with E-state index in [9.17, 15) is 4.79 Å². The second-order valence-electron chi connectivity index (χ2n) is 1.54. The molecule has 1 aromatic heterocycles. The van der Waals surface area contributed by atoms with Crippen LogP contribution < -0.4 is 0 Å². The van der Waals surface area contributed by atoms with Crippen LogP contribution in [-0.4, -0.2) is 26.2 Å². The lowest BCUT2D eigenvalue weighted by Crippen LogP contribution is -1.97. The fourth-order valence-corrected chi connectivity index (χ4v) is 0.831. The Balaban J connectivity index is 3.17. The molecular formula is C4H3BrN2O3. The Kier molecular flexibility index (Phi) is 1.62.